The first-order valence-electron chi connectivity index (χ1n) is 6.98. The average Bonchev–Trinajstić information content (AvgIpc) is 2.34. The molecule has 0 atom stereocenters. The Morgan fingerprint density at radius 2 is 1.38 bits per heavy atom. The number of ether oxygens (including phenoxy) is 2. The molecule has 0 aromatic carbocycles. The number of rotatable bonds is 8. The van der Waals surface area contributed by atoms with Crippen molar-refractivity contribution in [3.8, 4) is 0 Å². The van der Waals surface area contributed by atoms with Crippen molar-refractivity contribution in [2.75, 3.05) is 13.2 Å². The topological polar surface area (TPSA) is 52.6 Å². The Morgan fingerprint density at radius 3 is 1.79 bits per heavy atom. The predicted molar refractivity (Wildman–Crippen MR) is 70.8 cm³/mol. The maximum absolute atomic E-state index is 12.0. The third-order valence-electron chi connectivity index (χ3n) is 2.43. The first-order chi connectivity index (χ1) is 10.8. The van der Waals surface area contributed by atoms with Crippen LogP contribution in [0.3, 0.4) is 0 Å². The van der Waals surface area contributed by atoms with E-state index in [2.05, 4.69) is 9.47 Å². The van der Waals surface area contributed by atoms with Crippen molar-refractivity contribution < 1.29 is 45.4 Å². The summed E-state index contributed by atoms with van der Waals surface area (Å²) in [6, 6.07) is 0. The van der Waals surface area contributed by atoms with Gasteiger partial charge < -0.3 is 9.47 Å². The number of hydrogen-bond donors (Lipinski definition) is 0. The number of carbonyl (C=O) groups excluding carboxylic acids is 2. The van der Waals surface area contributed by atoms with Crippen LogP contribution in [0.1, 0.15) is 33.1 Å². The van der Waals surface area contributed by atoms with Gasteiger partial charge in [0.15, 0.2) is 0 Å². The fourth-order valence-corrected chi connectivity index (χ4v) is 1.44. The van der Waals surface area contributed by atoms with E-state index in [9.17, 15) is 35.9 Å². The van der Waals surface area contributed by atoms with Crippen molar-refractivity contribution in [1.82, 2.24) is 0 Å². The normalized spacial score (nSPS) is 13.1. The van der Waals surface area contributed by atoms with Gasteiger partial charge in [0.25, 0.3) is 0 Å². The maximum atomic E-state index is 12.0. The van der Waals surface area contributed by atoms with Crippen LogP contribution < -0.4 is 0 Å². The van der Waals surface area contributed by atoms with Crippen LogP contribution in [0, 0.1) is 5.92 Å². The van der Waals surface area contributed by atoms with E-state index in [-0.39, 0.29) is 17.9 Å². The number of hydrogen-bond acceptors (Lipinski definition) is 4. The molecular formula is C14H18F6O4. The zero-order valence-corrected chi connectivity index (χ0v) is 13.1. The summed E-state index contributed by atoms with van der Waals surface area (Å²) in [6.45, 7) is 1.51. The van der Waals surface area contributed by atoms with Crippen molar-refractivity contribution >= 4 is 11.9 Å². The summed E-state index contributed by atoms with van der Waals surface area (Å²) >= 11 is 0. The lowest BCUT2D eigenvalue weighted by atomic mass is 10.0. The van der Waals surface area contributed by atoms with Crippen LogP contribution in [0.4, 0.5) is 26.3 Å². The summed E-state index contributed by atoms with van der Waals surface area (Å²) in [6.07, 6.45) is -11.0. The highest BCUT2D eigenvalue weighted by Gasteiger charge is 2.28. The molecule has 0 aliphatic carbocycles. The highest BCUT2D eigenvalue weighted by molar-refractivity contribution is 5.96. The molecule has 0 N–H and O–H groups in total. The number of carbonyl (C=O) groups is 2. The highest BCUT2D eigenvalue weighted by atomic mass is 19.4. The molecule has 10 heteroatoms. The first-order valence-corrected chi connectivity index (χ1v) is 6.98. The monoisotopic (exact) mass is 364 g/mol. The minimum atomic E-state index is -4.50. The van der Waals surface area contributed by atoms with Crippen LogP contribution in [-0.4, -0.2) is 37.5 Å². The summed E-state index contributed by atoms with van der Waals surface area (Å²) in [5, 5.41) is 0. The SMILES string of the molecule is CC(C)C/C(=C/C(=O)OCCC(F)(F)F)C(=O)OCCC(F)(F)F. The van der Waals surface area contributed by atoms with Crippen LogP contribution in [0.2, 0.25) is 0 Å². The molecule has 0 fully saturated rings. The molecular weight excluding hydrogens is 346 g/mol. The molecule has 0 aromatic heterocycles. The van der Waals surface area contributed by atoms with Gasteiger partial charge in [0.05, 0.1) is 12.8 Å². The van der Waals surface area contributed by atoms with Gasteiger partial charge in [-0.25, -0.2) is 9.59 Å². The predicted octanol–water partition coefficient (Wildman–Crippen LogP) is 3.95. The van der Waals surface area contributed by atoms with Gasteiger partial charge in [-0.2, -0.15) is 26.3 Å². The molecule has 0 aromatic rings. The lowest BCUT2D eigenvalue weighted by Crippen LogP contribution is -2.18. The van der Waals surface area contributed by atoms with Crippen molar-refractivity contribution in [1.29, 1.82) is 0 Å². The Morgan fingerprint density at radius 1 is 0.917 bits per heavy atom. The van der Waals surface area contributed by atoms with E-state index >= 15 is 0 Å². The van der Waals surface area contributed by atoms with Crippen molar-refractivity contribution in [3.05, 3.63) is 11.6 Å². The maximum Gasteiger partial charge on any atom is 0.392 e. The Balaban J connectivity index is 4.67. The van der Waals surface area contributed by atoms with E-state index in [1.165, 1.54) is 0 Å². The Kier molecular flexibility index (Phi) is 8.84. The molecule has 0 saturated heterocycles. The van der Waals surface area contributed by atoms with E-state index in [0.29, 0.717) is 6.08 Å². The first kappa shape index (κ1) is 22.3. The fourth-order valence-electron chi connectivity index (χ4n) is 1.44. The summed E-state index contributed by atoms with van der Waals surface area (Å²) in [5.41, 5.74) is -0.260. The standard InChI is InChI=1S/C14H18F6O4/c1-9(2)7-10(12(22)24-6-4-14(18,19)20)8-11(21)23-5-3-13(15,16)17/h8-9H,3-7H2,1-2H3/b10-8-. The van der Waals surface area contributed by atoms with Gasteiger partial charge in [0, 0.05) is 11.6 Å². The molecule has 0 aliphatic heterocycles. The molecule has 0 amide bonds. The largest absolute Gasteiger partial charge is 0.462 e. The third-order valence-corrected chi connectivity index (χ3v) is 2.43. The van der Waals surface area contributed by atoms with E-state index in [4.69, 9.17) is 0 Å². The molecule has 0 radical (unpaired) electrons. The van der Waals surface area contributed by atoms with Crippen LogP contribution >= 0.6 is 0 Å². The quantitative estimate of drug-likeness (QED) is 0.372. The van der Waals surface area contributed by atoms with Crippen LogP contribution in [0.5, 0.6) is 0 Å². The second-order valence-corrected chi connectivity index (χ2v) is 5.30. The summed E-state index contributed by atoms with van der Waals surface area (Å²) in [5.74, 6) is -2.47. The molecule has 0 saturated carbocycles. The van der Waals surface area contributed by atoms with E-state index < -0.39 is 50.3 Å². The van der Waals surface area contributed by atoms with Gasteiger partial charge >= 0.3 is 24.3 Å². The molecule has 0 rings (SSSR count). The number of esters is 2. The van der Waals surface area contributed by atoms with Crippen molar-refractivity contribution in [3.63, 3.8) is 0 Å². The molecule has 140 valence electrons. The van der Waals surface area contributed by atoms with E-state index in [1.807, 2.05) is 0 Å². The van der Waals surface area contributed by atoms with Crippen LogP contribution in [0.15, 0.2) is 11.6 Å². The Bertz CT molecular complexity index is 451. The van der Waals surface area contributed by atoms with Gasteiger partial charge in [-0.05, 0) is 12.3 Å². The van der Waals surface area contributed by atoms with Crippen molar-refractivity contribution in [2.45, 2.75) is 45.5 Å². The highest BCUT2D eigenvalue weighted by Crippen LogP contribution is 2.21. The van der Waals surface area contributed by atoms with E-state index in [1.54, 1.807) is 13.8 Å². The third kappa shape index (κ3) is 12.8. The summed E-state index contributed by atoms with van der Waals surface area (Å²) in [4.78, 5) is 23.1. The van der Waals surface area contributed by atoms with Crippen molar-refractivity contribution in [2.24, 2.45) is 5.92 Å². The second kappa shape index (κ2) is 9.53. The average molecular weight is 364 g/mol. The zero-order chi connectivity index (χ0) is 19.0. The zero-order valence-electron chi connectivity index (χ0n) is 13.1. The van der Waals surface area contributed by atoms with Crippen LogP contribution in [0.25, 0.3) is 0 Å². The van der Waals surface area contributed by atoms with Gasteiger partial charge in [0.1, 0.15) is 13.2 Å². The molecule has 0 aliphatic rings. The number of halogens is 6. The molecule has 0 spiro atoms. The van der Waals surface area contributed by atoms with Gasteiger partial charge in [-0.3, -0.25) is 0 Å². The molecule has 0 unspecified atom stereocenters. The fraction of sp³-hybridized carbons (Fsp3) is 0.714. The smallest absolute Gasteiger partial charge is 0.392 e. The van der Waals surface area contributed by atoms with Gasteiger partial charge in [0.2, 0.25) is 0 Å². The van der Waals surface area contributed by atoms with E-state index in [0.717, 1.165) is 0 Å². The summed E-state index contributed by atoms with van der Waals surface area (Å²) in [7, 11) is 0. The lowest BCUT2D eigenvalue weighted by Gasteiger charge is -2.12. The molecule has 4 nitrogen and oxygen atoms in total. The lowest BCUT2D eigenvalue weighted by molar-refractivity contribution is -0.159. The molecule has 0 bridgehead atoms. The molecule has 0 heterocycles. The van der Waals surface area contributed by atoms with Gasteiger partial charge in [-0.15, -0.1) is 0 Å². The minimum Gasteiger partial charge on any atom is -0.462 e. The Hall–Kier alpha value is -1.74. The second-order valence-electron chi connectivity index (χ2n) is 5.30. The minimum absolute atomic E-state index is 0.000772. The number of alkyl halides is 6. The molecule has 24 heavy (non-hydrogen) atoms. The van der Waals surface area contributed by atoms with Crippen LogP contribution in [-0.2, 0) is 19.1 Å². The van der Waals surface area contributed by atoms with Gasteiger partial charge in [-0.1, -0.05) is 13.8 Å². The summed E-state index contributed by atoms with van der Waals surface area (Å²) < 4.78 is 80.5. The Labute approximate surface area is 134 Å².